The molecule has 16 heavy (non-hydrogen) atoms. The van der Waals surface area contributed by atoms with Gasteiger partial charge in [-0.15, -0.1) is 0 Å². The molecular formula is C13H18N2O. The number of benzene rings is 1. The lowest BCUT2D eigenvalue weighted by Gasteiger charge is -2.21. The number of aryl methyl sites for hydroxylation is 1. The van der Waals surface area contributed by atoms with Gasteiger partial charge in [0.1, 0.15) is 0 Å². The van der Waals surface area contributed by atoms with Gasteiger partial charge >= 0.3 is 6.03 Å². The second-order valence-electron chi connectivity index (χ2n) is 3.79. The van der Waals surface area contributed by atoms with E-state index in [0.717, 1.165) is 11.3 Å². The van der Waals surface area contributed by atoms with Crippen LogP contribution >= 0.6 is 0 Å². The molecule has 0 aliphatic carbocycles. The molecule has 0 fully saturated rings. The number of urea groups is 1. The van der Waals surface area contributed by atoms with Crippen LogP contribution in [0, 0.1) is 6.92 Å². The Hall–Kier alpha value is -1.77. The number of rotatable bonds is 3. The average Bonchev–Trinajstić information content (AvgIpc) is 2.17. The molecule has 0 aromatic heterocycles. The van der Waals surface area contributed by atoms with E-state index in [1.54, 1.807) is 11.8 Å². The molecule has 1 aromatic carbocycles. The predicted molar refractivity (Wildman–Crippen MR) is 67.5 cm³/mol. The SMILES string of the molecule is C=C(C)NC(=O)N(CC)c1cccc(C)c1. The molecule has 0 atom stereocenters. The normalized spacial score (nSPS) is 9.69. The van der Waals surface area contributed by atoms with Gasteiger partial charge < -0.3 is 5.32 Å². The third-order valence-corrected chi connectivity index (χ3v) is 2.20. The fraction of sp³-hybridized carbons (Fsp3) is 0.308. The van der Waals surface area contributed by atoms with Crippen LogP contribution in [-0.4, -0.2) is 12.6 Å². The highest BCUT2D eigenvalue weighted by molar-refractivity contribution is 5.92. The maximum atomic E-state index is 11.9. The maximum Gasteiger partial charge on any atom is 0.326 e. The summed E-state index contributed by atoms with van der Waals surface area (Å²) >= 11 is 0. The summed E-state index contributed by atoms with van der Waals surface area (Å²) in [5, 5.41) is 2.70. The summed E-state index contributed by atoms with van der Waals surface area (Å²) in [5.41, 5.74) is 2.69. The van der Waals surface area contributed by atoms with Crippen LogP contribution in [0.1, 0.15) is 19.4 Å². The molecule has 0 radical (unpaired) electrons. The number of anilines is 1. The second-order valence-corrected chi connectivity index (χ2v) is 3.79. The van der Waals surface area contributed by atoms with Crippen LogP contribution in [-0.2, 0) is 0 Å². The molecule has 0 spiro atoms. The van der Waals surface area contributed by atoms with Gasteiger partial charge in [0.2, 0.25) is 0 Å². The Labute approximate surface area is 96.8 Å². The molecule has 0 bridgehead atoms. The fourth-order valence-corrected chi connectivity index (χ4v) is 1.49. The van der Waals surface area contributed by atoms with E-state index in [-0.39, 0.29) is 6.03 Å². The lowest BCUT2D eigenvalue weighted by Crippen LogP contribution is -2.38. The Bertz CT molecular complexity index is 399. The molecule has 0 unspecified atom stereocenters. The van der Waals surface area contributed by atoms with E-state index >= 15 is 0 Å². The van der Waals surface area contributed by atoms with Crippen molar-refractivity contribution in [1.82, 2.24) is 5.32 Å². The minimum absolute atomic E-state index is 0.138. The smallest absolute Gasteiger partial charge is 0.312 e. The second kappa shape index (κ2) is 5.35. The number of nitrogens with one attached hydrogen (secondary N) is 1. The molecule has 3 heteroatoms. The average molecular weight is 218 g/mol. The summed E-state index contributed by atoms with van der Waals surface area (Å²) in [7, 11) is 0. The van der Waals surface area contributed by atoms with Gasteiger partial charge in [-0.2, -0.15) is 0 Å². The van der Waals surface area contributed by atoms with Crippen molar-refractivity contribution in [3.8, 4) is 0 Å². The minimum Gasteiger partial charge on any atom is -0.312 e. The third kappa shape index (κ3) is 3.12. The number of allylic oxidation sites excluding steroid dienone is 1. The molecule has 1 aromatic rings. The van der Waals surface area contributed by atoms with E-state index in [4.69, 9.17) is 0 Å². The van der Waals surface area contributed by atoms with Crippen molar-refractivity contribution in [2.24, 2.45) is 0 Å². The molecule has 86 valence electrons. The highest BCUT2D eigenvalue weighted by Crippen LogP contribution is 2.15. The van der Waals surface area contributed by atoms with E-state index in [9.17, 15) is 4.79 Å². The first kappa shape index (κ1) is 12.3. The zero-order chi connectivity index (χ0) is 12.1. The maximum absolute atomic E-state index is 11.9. The number of hydrogen-bond acceptors (Lipinski definition) is 1. The van der Waals surface area contributed by atoms with Crippen LogP contribution in [0.3, 0.4) is 0 Å². The summed E-state index contributed by atoms with van der Waals surface area (Å²) in [6.07, 6.45) is 0. The summed E-state index contributed by atoms with van der Waals surface area (Å²) in [6, 6.07) is 7.73. The van der Waals surface area contributed by atoms with Crippen molar-refractivity contribution >= 4 is 11.7 Å². The highest BCUT2D eigenvalue weighted by Gasteiger charge is 2.12. The highest BCUT2D eigenvalue weighted by atomic mass is 16.2. The molecule has 0 saturated heterocycles. The Kier molecular flexibility index (Phi) is 4.11. The van der Waals surface area contributed by atoms with Crippen molar-refractivity contribution in [2.75, 3.05) is 11.4 Å². The van der Waals surface area contributed by atoms with Crippen molar-refractivity contribution in [1.29, 1.82) is 0 Å². The Balaban J connectivity index is 2.89. The predicted octanol–water partition coefficient (Wildman–Crippen LogP) is 3.06. The Morgan fingerprint density at radius 1 is 1.50 bits per heavy atom. The van der Waals surface area contributed by atoms with E-state index in [2.05, 4.69) is 11.9 Å². The van der Waals surface area contributed by atoms with Gasteiger partial charge in [-0.05, 0) is 38.5 Å². The largest absolute Gasteiger partial charge is 0.326 e. The molecule has 0 heterocycles. The number of amides is 2. The lowest BCUT2D eigenvalue weighted by molar-refractivity contribution is 0.249. The van der Waals surface area contributed by atoms with Crippen LogP contribution < -0.4 is 10.2 Å². The number of carbonyl (C=O) groups excluding carboxylic acids is 1. The number of hydrogen-bond donors (Lipinski definition) is 1. The number of carbonyl (C=O) groups is 1. The molecule has 2 amide bonds. The molecule has 0 aliphatic rings. The van der Waals surface area contributed by atoms with E-state index in [0.29, 0.717) is 12.2 Å². The Morgan fingerprint density at radius 2 is 2.19 bits per heavy atom. The first-order valence-electron chi connectivity index (χ1n) is 5.35. The topological polar surface area (TPSA) is 32.3 Å². The molecule has 0 saturated carbocycles. The molecule has 3 nitrogen and oxygen atoms in total. The van der Waals surface area contributed by atoms with Crippen LogP contribution in [0.15, 0.2) is 36.5 Å². The zero-order valence-electron chi connectivity index (χ0n) is 10.1. The van der Waals surface area contributed by atoms with E-state index < -0.39 is 0 Å². The molecule has 0 aliphatic heterocycles. The van der Waals surface area contributed by atoms with Crippen molar-refractivity contribution in [2.45, 2.75) is 20.8 Å². The summed E-state index contributed by atoms with van der Waals surface area (Å²) < 4.78 is 0. The van der Waals surface area contributed by atoms with E-state index in [1.165, 1.54) is 0 Å². The first-order valence-corrected chi connectivity index (χ1v) is 5.35. The van der Waals surface area contributed by atoms with Crippen molar-refractivity contribution in [3.05, 3.63) is 42.1 Å². The number of nitrogens with zero attached hydrogens (tertiary/aromatic N) is 1. The van der Waals surface area contributed by atoms with Crippen LogP contribution in [0.2, 0.25) is 0 Å². The van der Waals surface area contributed by atoms with Gasteiger partial charge in [-0.25, -0.2) is 4.79 Å². The van der Waals surface area contributed by atoms with Crippen LogP contribution in [0.5, 0.6) is 0 Å². The lowest BCUT2D eigenvalue weighted by atomic mass is 10.2. The van der Waals surface area contributed by atoms with Crippen molar-refractivity contribution < 1.29 is 4.79 Å². The summed E-state index contributed by atoms with van der Waals surface area (Å²) in [6.45, 7) is 10.0. The monoisotopic (exact) mass is 218 g/mol. The quantitative estimate of drug-likeness (QED) is 0.830. The van der Waals surface area contributed by atoms with Gasteiger partial charge in [-0.1, -0.05) is 18.7 Å². The summed E-state index contributed by atoms with van der Waals surface area (Å²) in [5.74, 6) is 0. The standard InChI is InChI=1S/C13H18N2O/c1-5-15(13(16)14-10(2)3)12-8-6-7-11(4)9-12/h6-9H,2,5H2,1,3-4H3,(H,14,16). The Morgan fingerprint density at radius 3 is 2.69 bits per heavy atom. The first-order chi connectivity index (χ1) is 7.54. The van der Waals surface area contributed by atoms with Crippen LogP contribution in [0.4, 0.5) is 10.5 Å². The van der Waals surface area contributed by atoms with Gasteiger partial charge in [0.25, 0.3) is 0 Å². The zero-order valence-corrected chi connectivity index (χ0v) is 10.1. The summed E-state index contributed by atoms with van der Waals surface area (Å²) in [4.78, 5) is 13.5. The molecule has 1 rings (SSSR count). The van der Waals surface area contributed by atoms with Crippen LogP contribution in [0.25, 0.3) is 0 Å². The van der Waals surface area contributed by atoms with E-state index in [1.807, 2.05) is 38.1 Å². The fourth-order valence-electron chi connectivity index (χ4n) is 1.49. The van der Waals surface area contributed by atoms with Gasteiger partial charge in [0.05, 0.1) is 0 Å². The van der Waals surface area contributed by atoms with Gasteiger partial charge in [-0.3, -0.25) is 4.90 Å². The van der Waals surface area contributed by atoms with Gasteiger partial charge in [0.15, 0.2) is 0 Å². The van der Waals surface area contributed by atoms with Gasteiger partial charge in [0, 0.05) is 17.9 Å². The van der Waals surface area contributed by atoms with Crippen molar-refractivity contribution in [3.63, 3.8) is 0 Å². The third-order valence-electron chi connectivity index (χ3n) is 2.20. The molecular weight excluding hydrogens is 200 g/mol. The molecule has 1 N–H and O–H groups in total. The minimum atomic E-state index is -0.138.